The molecule has 6 nitrogen and oxygen atoms in total. The lowest BCUT2D eigenvalue weighted by molar-refractivity contribution is -0.145. The molecule has 1 aliphatic carbocycles. The fraction of sp³-hybridized carbons (Fsp3) is 0.308. The summed E-state index contributed by atoms with van der Waals surface area (Å²) in [6.45, 7) is 0. The Kier molecular flexibility index (Phi) is 2.35. The van der Waals surface area contributed by atoms with Gasteiger partial charge in [-0.1, -0.05) is 0 Å². The predicted octanol–water partition coefficient (Wildman–Crippen LogP) is 1.26. The third kappa shape index (κ3) is 1.68. The highest BCUT2D eigenvalue weighted by Gasteiger charge is 2.57. The molecule has 1 aliphatic rings. The number of hydrogen-bond acceptors (Lipinski definition) is 5. The number of hydrogen-bond donors (Lipinski definition) is 1. The van der Waals surface area contributed by atoms with Gasteiger partial charge < -0.3 is 9.15 Å². The summed E-state index contributed by atoms with van der Waals surface area (Å²) < 4.78 is 9.53. The summed E-state index contributed by atoms with van der Waals surface area (Å²) in [5, 5.41) is 0. The summed E-state index contributed by atoms with van der Waals surface area (Å²) >= 11 is 0. The van der Waals surface area contributed by atoms with E-state index in [0.717, 1.165) is 0 Å². The van der Waals surface area contributed by atoms with Gasteiger partial charge in [0.25, 0.3) is 0 Å². The molecule has 0 unspecified atom stereocenters. The zero-order chi connectivity index (χ0) is 13.6. The molecular formula is C13H11NO5. The molecule has 19 heavy (non-hydrogen) atoms. The van der Waals surface area contributed by atoms with E-state index in [0.29, 0.717) is 29.5 Å². The van der Waals surface area contributed by atoms with Crippen LogP contribution in [0.1, 0.15) is 23.2 Å². The number of aromatic nitrogens is 1. The first kappa shape index (κ1) is 11.7. The van der Waals surface area contributed by atoms with Crippen molar-refractivity contribution in [2.24, 2.45) is 5.41 Å². The van der Waals surface area contributed by atoms with Crippen molar-refractivity contribution in [3.63, 3.8) is 0 Å². The first-order valence-electron chi connectivity index (χ1n) is 5.83. The van der Waals surface area contributed by atoms with Crippen molar-refractivity contribution in [2.75, 3.05) is 7.11 Å². The third-order valence-electron chi connectivity index (χ3n) is 3.44. The zero-order valence-corrected chi connectivity index (χ0v) is 10.2. The quantitative estimate of drug-likeness (QED) is 0.510. The molecular weight excluding hydrogens is 250 g/mol. The predicted molar refractivity (Wildman–Crippen MR) is 64.8 cm³/mol. The first-order valence-corrected chi connectivity index (χ1v) is 5.83. The van der Waals surface area contributed by atoms with Gasteiger partial charge in [0, 0.05) is 5.56 Å². The molecule has 1 N–H and O–H groups in total. The number of methoxy groups -OCH3 is 1. The standard InChI is InChI=1S/C13H11NO5/c1-18-11(16)13(4-5-13)10(15)7-2-3-9-8(6-7)14-12(17)19-9/h2-3,6H,4-5H2,1H3,(H,14,17). The van der Waals surface area contributed by atoms with Gasteiger partial charge in [-0.3, -0.25) is 14.6 Å². The number of Topliss-reactive ketones (excluding diaryl/α,β-unsaturated/α-hetero) is 1. The van der Waals surface area contributed by atoms with Gasteiger partial charge in [-0.05, 0) is 31.0 Å². The van der Waals surface area contributed by atoms with Crippen LogP contribution in [0, 0.1) is 5.41 Å². The fourth-order valence-electron chi connectivity index (χ4n) is 2.21. The molecule has 0 spiro atoms. The fourth-order valence-corrected chi connectivity index (χ4v) is 2.21. The second-order valence-corrected chi connectivity index (χ2v) is 4.63. The molecule has 1 saturated carbocycles. The van der Waals surface area contributed by atoms with E-state index < -0.39 is 17.1 Å². The Morgan fingerprint density at radius 2 is 2.11 bits per heavy atom. The topological polar surface area (TPSA) is 89.4 Å². The minimum absolute atomic E-state index is 0.275. The van der Waals surface area contributed by atoms with Gasteiger partial charge in [-0.15, -0.1) is 0 Å². The number of oxazole rings is 1. The number of ketones is 1. The number of H-pyrrole nitrogens is 1. The zero-order valence-electron chi connectivity index (χ0n) is 10.2. The van der Waals surface area contributed by atoms with Gasteiger partial charge in [-0.25, -0.2) is 4.79 Å². The highest BCUT2D eigenvalue weighted by atomic mass is 16.5. The van der Waals surface area contributed by atoms with Crippen molar-refractivity contribution in [1.82, 2.24) is 4.98 Å². The summed E-state index contributed by atoms with van der Waals surface area (Å²) in [5.41, 5.74) is 0.153. The van der Waals surface area contributed by atoms with E-state index in [2.05, 4.69) is 9.72 Å². The molecule has 6 heteroatoms. The van der Waals surface area contributed by atoms with Crippen LogP contribution >= 0.6 is 0 Å². The lowest BCUT2D eigenvalue weighted by atomic mass is 9.94. The number of rotatable bonds is 3. The van der Waals surface area contributed by atoms with Crippen molar-refractivity contribution in [1.29, 1.82) is 0 Å². The van der Waals surface area contributed by atoms with Gasteiger partial charge in [0.15, 0.2) is 11.4 Å². The van der Waals surface area contributed by atoms with E-state index in [9.17, 15) is 14.4 Å². The number of ether oxygens (including phenoxy) is 1. The van der Waals surface area contributed by atoms with Crippen molar-refractivity contribution >= 4 is 22.9 Å². The molecule has 3 rings (SSSR count). The molecule has 0 radical (unpaired) electrons. The van der Waals surface area contributed by atoms with E-state index in [1.165, 1.54) is 19.2 Å². The number of esters is 1. The second kappa shape index (κ2) is 3.81. The molecule has 1 heterocycles. The number of fused-ring (bicyclic) bond motifs is 1. The lowest BCUT2D eigenvalue weighted by Gasteiger charge is -2.10. The van der Waals surface area contributed by atoms with Crippen LogP contribution in [0.3, 0.4) is 0 Å². The molecule has 0 amide bonds. The van der Waals surface area contributed by atoms with Gasteiger partial charge >= 0.3 is 11.7 Å². The second-order valence-electron chi connectivity index (χ2n) is 4.63. The van der Waals surface area contributed by atoms with E-state index in [1.807, 2.05) is 0 Å². The van der Waals surface area contributed by atoms with E-state index in [4.69, 9.17) is 4.42 Å². The number of nitrogens with one attached hydrogen (secondary N) is 1. The van der Waals surface area contributed by atoms with Crippen LogP contribution in [0.2, 0.25) is 0 Å². The van der Waals surface area contributed by atoms with Gasteiger partial charge in [-0.2, -0.15) is 0 Å². The smallest absolute Gasteiger partial charge is 0.417 e. The number of aromatic amines is 1. The molecule has 0 bridgehead atoms. The van der Waals surface area contributed by atoms with Gasteiger partial charge in [0.1, 0.15) is 5.41 Å². The molecule has 0 aliphatic heterocycles. The normalized spacial score (nSPS) is 16.3. The largest absolute Gasteiger partial charge is 0.468 e. The summed E-state index contributed by atoms with van der Waals surface area (Å²) in [4.78, 5) is 37.5. The van der Waals surface area contributed by atoms with Crippen LogP contribution in [0.4, 0.5) is 0 Å². The molecule has 1 aromatic carbocycles. The summed E-state index contributed by atoms with van der Waals surface area (Å²) in [6, 6.07) is 4.60. The third-order valence-corrected chi connectivity index (χ3v) is 3.44. The summed E-state index contributed by atoms with van der Waals surface area (Å²) in [5.74, 6) is -1.35. The number of carbonyl (C=O) groups excluding carboxylic acids is 2. The van der Waals surface area contributed by atoms with Gasteiger partial charge in [0.05, 0.1) is 12.6 Å². The van der Waals surface area contributed by atoms with Crippen LogP contribution < -0.4 is 5.76 Å². The Hall–Kier alpha value is -2.37. The Morgan fingerprint density at radius 3 is 2.74 bits per heavy atom. The Morgan fingerprint density at radius 1 is 1.37 bits per heavy atom. The number of carbonyl (C=O) groups is 2. The average Bonchev–Trinajstić information content (AvgIpc) is 3.13. The van der Waals surface area contributed by atoms with Gasteiger partial charge in [0.2, 0.25) is 0 Å². The monoisotopic (exact) mass is 261 g/mol. The minimum Gasteiger partial charge on any atom is -0.468 e. The Labute approximate surface area is 107 Å². The summed E-state index contributed by atoms with van der Waals surface area (Å²) in [7, 11) is 1.27. The SMILES string of the molecule is COC(=O)C1(C(=O)c2ccc3oc(=O)[nH]c3c2)CC1. The van der Waals surface area contributed by atoms with Crippen LogP contribution in [-0.4, -0.2) is 23.8 Å². The maximum absolute atomic E-state index is 12.4. The van der Waals surface area contributed by atoms with Crippen molar-refractivity contribution in [2.45, 2.75) is 12.8 Å². The lowest BCUT2D eigenvalue weighted by Crippen LogP contribution is -2.27. The van der Waals surface area contributed by atoms with Crippen molar-refractivity contribution in [3.8, 4) is 0 Å². The van der Waals surface area contributed by atoms with E-state index >= 15 is 0 Å². The Bertz CT molecular complexity index is 735. The van der Waals surface area contributed by atoms with Crippen LogP contribution in [0.5, 0.6) is 0 Å². The molecule has 0 atom stereocenters. The van der Waals surface area contributed by atoms with Crippen LogP contribution in [-0.2, 0) is 9.53 Å². The van der Waals surface area contributed by atoms with Crippen molar-refractivity contribution < 1.29 is 18.7 Å². The maximum Gasteiger partial charge on any atom is 0.417 e. The first-order chi connectivity index (χ1) is 9.06. The number of benzene rings is 1. The highest BCUT2D eigenvalue weighted by Crippen LogP contribution is 2.49. The highest BCUT2D eigenvalue weighted by molar-refractivity contribution is 6.15. The molecule has 1 aromatic heterocycles. The van der Waals surface area contributed by atoms with Crippen LogP contribution in [0.15, 0.2) is 27.4 Å². The molecule has 1 fully saturated rings. The molecule has 2 aromatic rings. The molecule has 98 valence electrons. The van der Waals surface area contributed by atoms with Crippen molar-refractivity contribution in [3.05, 3.63) is 34.3 Å². The average molecular weight is 261 g/mol. The van der Waals surface area contributed by atoms with E-state index in [-0.39, 0.29) is 5.78 Å². The van der Waals surface area contributed by atoms with Crippen LogP contribution in [0.25, 0.3) is 11.1 Å². The minimum atomic E-state index is -1.04. The van der Waals surface area contributed by atoms with E-state index in [1.54, 1.807) is 6.07 Å². The Balaban J connectivity index is 2.02. The summed E-state index contributed by atoms with van der Waals surface area (Å²) in [6.07, 6.45) is 0.997. The molecule has 0 saturated heterocycles. The maximum atomic E-state index is 12.4.